The molecule has 0 aliphatic carbocycles. The molecule has 106 valence electrons. The van der Waals surface area contributed by atoms with Crippen LogP contribution in [0.2, 0.25) is 19.6 Å². The Kier molecular flexibility index (Phi) is 4.71. The Hall–Kier alpha value is -1.06. The van der Waals surface area contributed by atoms with E-state index >= 15 is 0 Å². The van der Waals surface area contributed by atoms with E-state index in [9.17, 15) is 0 Å². The Bertz CT molecular complexity index is 585. The topological polar surface area (TPSA) is 12.0 Å². The number of hydrogen-bond acceptors (Lipinski definition) is 1. The van der Waals surface area contributed by atoms with E-state index in [0.29, 0.717) is 0 Å². The van der Waals surface area contributed by atoms with Gasteiger partial charge in [0.25, 0.3) is 0 Å². The zero-order valence-corrected chi connectivity index (χ0v) is 15.2. The molecule has 1 nitrogen and oxygen atoms in total. The molecular formula is C17H22BrNSi. The second-order valence-corrected chi connectivity index (χ2v) is 12.3. The Morgan fingerprint density at radius 1 is 1.00 bits per heavy atom. The predicted molar refractivity (Wildman–Crippen MR) is 95.6 cm³/mol. The molecule has 2 aromatic carbocycles. The maximum Gasteiger partial charge on any atom is 0.0775 e. The maximum absolute atomic E-state index is 3.51. The molecule has 20 heavy (non-hydrogen) atoms. The number of hydrogen-bond donors (Lipinski definition) is 1. The molecule has 0 radical (unpaired) electrons. The first-order chi connectivity index (χ1) is 9.36. The predicted octanol–water partition coefficient (Wildman–Crippen LogP) is 4.91. The number of aryl methyl sites for hydroxylation is 1. The standard InChI is InChI=1S/C17H22BrNSi/c1-13-11-15(18)7-10-17(13)19-12-14-5-8-16(9-6-14)20(2,3)4/h5-11,19H,12H2,1-4H3. The number of anilines is 1. The van der Waals surface area contributed by atoms with E-state index in [4.69, 9.17) is 0 Å². The van der Waals surface area contributed by atoms with Crippen molar-refractivity contribution in [2.75, 3.05) is 5.32 Å². The monoisotopic (exact) mass is 347 g/mol. The van der Waals surface area contributed by atoms with Gasteiger partial charge in [0.2, 0.25) is 0 Å². The van der Waals surface area contributed by atoms with Crippen LogP contribution in [-0.2, 0) is 6.54 Å². The van der Waals surface area contributed by atoms with Crippen molar-refractivity contribution >= 4 is 34.9 Å². The van der Waals surface area contributed by atoms with Gasteiger partial charge >= 0.3 is 0 Å². The molecule has 0 aromatic heterocycles. The van der Waals surface area contributed by atoms with Gasteiger partial charge in [0, 0.05) is 16.7 Å². The summed E-state index contributed by atoms with van der Waals surface area (Å²) in [5.41, 5.74) is 3.79. The van der Waals surface area contributed by atoms with Crippen molar-refractivity contribution in [3.8, 4) is 0 Å². The van der Waals surface area contributed by atoms with Gasteiger partial charge in [-0.3, -0.25) is 0 Å². The van der Waals surface area contributed by atoms with Crippen molar-refractivity contribution < 1.29 is 0 Å². The van der Waals surface area contributed by atoms with Crippen LogP contribution in [0.25, 0.3) is 0 Å². The van der Waals surface area contributed by atoms with Crippen LogP contribution in [0.5, 0.6) is 0 Å². The van der Waals surface area contributed by atoms with Gasteiger partial charge in [-0.15, -0.1) is 0 Å². The van der Waals surface area contributed by atoms with E-state index in [1.807, 2.05) is 0 Å². The van der Waals surface area contributed by atoms with Crippen LogP contribution in [0.4, 0.5) is 5.69 Å². The molecule has 0 spiro atoms. The minimum atomic E-state index is -1.18. The van der Waals surface area contributed by atoms with Crippen LogP contribution in [0, 0.1) is 6.92 Å². The summed E-state index contributed by atoms with van der Waals surface area (Å²) < 4.78 is 1.13. The fraction of sp³-hybridized carbons (Fsp3) is 0.294. The molecule has 2 rings (SSSR count). The maximum atomic E-state index is 3.51. The molecule has 1 N–H and O–H groups in total. The molecule has 0 aliphatic heterocycles. The van der Waals surface area contributed by atoms with Gasteiger partial charge in [-0.1, -0.05) is 65.0 Å². The lowest BCUT2D eigenvalue weighted by Gasteiger charge is -2.17. The van der Waals surface area contributed by atoms with Gasteiger partial charge in [0.05, 0.1) is 8.07 Å². The Morgan fingerprint density at radius 3 is 2.20 bits per heavy atom. The summed E-state index contributed by atoms with van der Waals surface area (Å²) in [5.74, 6) is 0. The molecule has 0 saturated carbocycles. The van der Waals surface area contributed by atoms with Crippen molar-refractivity contribution in [1.29, 1.82) is 0 Å². The van der Waals surface area contributed by atoms with E-state index in [-0.39, 0.29) is 0 Å². The van der Waals surface area contributed by atoms with Crippen molar-refractivity contribution in [2.24, 2.45) is 0 Å². The third-order valence-corrected chi connectivity index (χ3v) is 6.05. The van der Waals surface area contributed by atoms with Crippen molar-refractivity contribution in [1.82, 2.24) is 0 Å². The molecule has 2 aromatic rings. The van der Waals surface area contributed by atoms with Crippen LogP contribution < -0.4 is 10.5 Å². The lowest BCUT2D eigenvalue weighted by molar-refractivity contribution is 1.14. The molecule has 0 atom stereocenters. The first-order valence-electron chi connectivity index (χ1n) is 6.96. The Balaban J connectivity index is 2.04. The lowest BCUT2D eigenvalue weighted by atomic mass is 10.2. The fourth-order valence-electron chi connectivity index (χ4n) is 2.15. The summed E-state index contributed by atoms with van der Waals surface area (Å²) in [6, 6.07) is 15.4. The summed E-state index contributed by atoms with van der Waals surface area (Å²) in [4.78, 5) is 0. The first kappa shape index (κ1) is 15.3. The van der Waals surface area contributed by atoms with E-state index in [1.54, 1.807) is 0 Å². The average molecular weight is 348 g/mol. The fourth-order valence-corrected chi connectivity index (χ4v) is 3.79. The molecular weight excluding hydrogens is 326 g/mol. The van der Waals surface area contributed by atoms with Gasteiger partial charge in [0.15, 0.2) is 0 Å². The molecule has 0 bridgehead atoms. The zero-order chi connectivity index (χ0) is 14.8. The molecule has 0 fully saturated rings. The van der Waals surface area contributed by atoms with E-state index in [0.717, 1.165) is 11.0 Å². The number of rotatable bonds is 4. The number of nitrogens with one attached hydrogen (secondary N) is 1. The largest absolute Gasteiger partial charge is 0.381 e. The normalized spacial score (nSPS) is 11.4. The van der Waals surface area contributed by atoms with E-state index in [2.05, 4.69) is 90.3 Å². The van der Waals surface area contributed by atoms with Gasteiger partial charge in [-0.05, 0) is 36.2 Å². The third-order valence-electron chi connectivity index (χ3n) is 3.49. The smallest absolute Gasteiger partial charge is 0.0775 e. The highest BCUT2D eigenvalue weighted by Gasteiger charge is 2.15. The second-order valence-electron chi connectivity index (χ2n) is 6.26. The molecule has 0 unspecified atom stereocenters. The Morgan fingerprint density at radius 2 is 1.65 bits per heavy atom. The summed E-state index contributed by atoms with van der Waals surface area (Å²) in [5, 5.41) is 5.02. The molecule has 0 saturated heterocycles. The molecule has 3 heteroatoms. The van der Waals surface area contributed by atoms with Gasteiger partial charge in [-0.2, -0.15) is 0 Å². The van der Waals surface area contributed by atoms with Crippen LogP contribution in [0.1, 0.15) is 11.1 Å². The summed E-state index contributed by atoms with van der Waals surface area (Å²) >= 11 is 3.49. The van der Waals surface area contributed by atoms with Crippen molar-refractivity contribution in [3.05, 3.63) is 58.1 Å². The van der Waals surface area contributed by atoms with Gasteiger partial charge in [-0.25, -0.2) is 0 Å². The average Bonchev–Trinajstić information content (AvgIpc) is 2.37. The first-order valence-corrected chi connectivity index (χ1v) is 11.2. The summed E-state index contributed by atoms with van der Waals surface area (Å²) in [6.07, 6.45) is 0. The van der Waals surface area contributed by atoms with Crippen molar-refractivity contribution in [3.63, 3.8) is 0 Å². The van der Waals surface area contributed by atoms with E-state index in [1.165, 1.54) is 22.0 Å². The van der Waals surface area contributed by atoms with E-state index < -0.39 is 8.07 Å². The lowest BCUT2D eigenvalue weighted by Crippen LogP contribution is -2.37. The van der Waals surface area contributed by atoms with Crippen LogP contribution in [-0.4, -0.2) is 8.07 Å². The highest BCUT2D eigenvalue weighted by Crippen LogP contribution is 2.20. The quantitative estimate of drug-likeness (QED) is 0.774. The summed E-state index contributed by atoms with van der Waals surface area (Å²) in [6.45, 7) is 10.1. The van der Waals surface area contributed by atoms with Crippen molar-refractivity contribution in [2.45, 2.75) is 33.1 Å². The van der Waals surface area contributed by atoms with Crippen LogP contribution in [0.15, 0.2) is 46.9 Å². The highest BCUT2D eigenvalue weighted by molar-refractivity contribution is 9.10. The molecule has 0 heterocycles. The molecule has 0 amide bonds. The second kappa shape index (κ2) is 6.14. The number of benzene rings is 2. The van der Waals surface area contributed by atoms with Crippen LogP contribution in [0.3, 0.4) is 0 Å². The van der Waals surface area contributed by atoms with Crippen LogP contribution >= 0.6 is 15.9 Å². The van der Waals surface area contributed by atoms with Gasteiger partial charge < -0.3 is 5.32 Å². The SMILES string of the molecule is Cc1cc(Br)ccc1NCc1ccc([Si](C)(C)C)cc1. The zero-order valence-electron chi connectivity index (χ0n) is 12.6. The summed E-state index contributed by atoms with van der Waals surface area (Å²) in [7, 11) is -1.18. The Labute approximate surface area is 131 Å². The minimum absolute atomic E-state index is 0.869. The molecule has 0 aliphatic rings. The highest BCUT2D eigenvalue weighted by atomic mass is 79.9. The van der Waals surface area contributed by atoms with Gasteiger partial charge in [0.1, 0.15) is 0 Å². The number of halogens is 1. The minimum Gasteiger partial charge on any atom is -0.381 e. The third kappa shape index (κ3) is 3.97.